The molecule has 0 saturated heterocycles. The maximum atomic E-state index is 11.5. The number of hydrogen-bond acceptors (Lipinski definition) is 2. The van der Waals surface area contributed by atoms with Crippen LogP contribution in [0.25, 0.3) is 0 Å². The van der Waals surface area contributed by atoms with Gasteiger partial charge in [0.15, 0.2) is 0 Å². The van der Waals surface area contributed by atoms with Crippen LogP contribution in [-0.2, 0) is 0 Å². The zero-order valence-corrected chi connectivity index (χ0v) is 9.36. The van der Waals surface area contributed by atoms with Crippen molar-refractivity contribution in [3.05, 3.63) is 39.7 Å². The molecule has 0 saturated carbocycles. The minimum Gasteiger partial charge on any atom is -0.287 e. The highest BCUT2D eigenvalue weighted by Gasteiger charge is 2.09. The average Bonchev–Trinajstić information content (AvgIpc) is 2.01. The lowest BCUT2D eigenvalue weighted by Crippen LogP contribution is -1.99. The third-order valence-corrected chi connectivity index (χ3v) is 1.96. The third kappa shape index (κ3) is 2.82. The maximum Gasteiger partial charge on any atom is 0.205 e. The van der Waals surface area contributed by atoms with Crippen molar-refractivity contribution in [2.45, 2.75) is 13.8 Å². The van der Waals surface area contributed by atoms with Crippen LogP contribution in [-0.4, -0.2) is 10.8 Å². The van der Waals surface area contributed by atoms with Crippen molar-refractivity contribution in [2.24, 2.45) is 0 Å². The summed E-state index contributed by atoms with van der Waals surface area (Å²) in [5.41, 5.74) is 1.14. The van der Waals surface area contributed by atoms with Crippen molar-refractivity contribution in [3.8, 4) is 0 Å². The number of aromatic nitrogens is 1. The standard InChI is InChI=1S/C10H9Cl2NO/c1-6(2)3-9(14)10-8(12)4-7(11)5-13-10/h3-5H,1-2H3. The fraction of sp³-hybridized carbons (Fsp3) is 0.200. The lowest BCUT2D eigenvalue weighted by Gasteiger charge is -1.99. The topological polar surface area (TPSA) is 30.0 Å². The molecule has 0 unspecified atom stereocenters. The van der Waals surface area contributed by atoms with E-state index in [-0.39, 0.29) is 16.5 Å². The summed E-state index contributed by atoms with van der Waals surface area (Å²) >= 11 is 11.5. The zero-order valence-electron chi connectivity index (χ0n) is 7.84. The predicted octanol–water partition coefficient (Wildman–Crippen LogP) is 3.54. The van der Waals surface area contributed by atoms with Crippen molar-refractivity contribution < 1.29 is 4.79 Å². The second-order valence-electron chi connectivity index (χ2n) is 3.07. The number of allylic oxidation sites excluding steroid dienone is 2. The van der Waals surface area contributed by atoms with Crippen LogP contribution < -0.4 is 0 Å². The van der Waals surface area contributed by atoms with E-state index in [2.05, 4.69) is 4.98 Å². The highest BCUT2D eigenvalue weighted by atomic mass is 35.5. The van der Waals surface area contributed by atoms with E-state index in [9.17, 15) is 4.79 Å². The Morgan fingerprint density at radius 3 is 2.57 bits per heavy atom. The first-order valence-corrected chi connectivity index (χ1v) is 4.76. The van der Waals surface area contributed by atoms with E-state index < -0.39 is 0 Å². The van der Waals surface area contributed by atoms with Crippen LogP contribution in [0.3, 0.4) is 0 Å². The monoisotopic (exact) mass is 229 g/mol. The molecule has 0 N–H and O–H groups in total. The van der Waals surface area contributed by atoms with Crippen LogP contribution in [0.2, 0.25) is 10.0 Å². The van der Waals surface area contributed by atoms with Gasteiger partial charge in [-0.05, 0) is 26.0 Å². The summed E-state index contributed by atoms with van der Waals surface area (Å²) < 4.78 is 0. The molecular weight excluding hydrogens is 221 g/mol. The highest BCUT2D eigenvalue weighted by molar-refractivity contribution is 6.36. The molecule has 4 heteroatoms. The van der Waals surface area contributed by atoms with Gasteiger partial charge in [-0.25, -0.2) is 4.98 Å². The molecule has 0 aliphatic heterocycles. The van der Waals surface area contributed by atoms with Crippen molar-refractivity contribution in [2.75, 3.05) is 0 Å². The van der Waals surface area contributed by atoms with E-state index in [0.717, 1.165) is 5.57 Å². The van der Waals surface area contributed by atoms with Crippen LogP contribution in [0.4, 0.5) is 0 Å². The summed E-state index contributed by atoms with van der Waals surface area (Å²) in [5.74, 6) is -0.202. The Kier molecular flexibility index (Phi) is 3.67. The molecule has 74 valence electrons. The molecule has 0 spiro atoms. The highest BCUT2D eigenvalue weighted by Crippen LogP contribution is 2.19. The number of hydrogen-bond donors (Lipinski definition) is 0. The molecular formula is C10H9Cl2NO. The van der Waals surface area contributed by atoms with Crippen LogP contribution in [0.5, 0.6) is 0 Å². The van der Waals surface area contributed by atoms with E-state index in [1.807, 2.05) is 13.8 Å². The lowest BCUT2D eigenvalue weighted by atomic mass is 10.2. The molecule has 0 bridgehead atoms. The van der Waals surface area contributed by atoms with E-state index in [1.54, 1.807) is 0 Å². The average molecular weight is 230 g/mol. The van der Waals surface area contributed by atoms with E-state index in [4.69, 9.17) is 23.2 Å². The van der Waals surface area contributed by atoms with E-state index in [1.165, 1.54) is 18.3 Å². The summed E-state index contributed by atoms with van der Waals surface area (Å²) in [6.07, 6.45) is 2.89. The summed E-state index contributed by atoms with van der Waals surface area (Å²) in [4.78, 5) is 15.4. The molecule has 0 fully saturated rings. The summed E-state index contributed by atoms with van der Waals surface area (Å²) in [5, 5.41) is 0.698. The molecule has 0 aliphatic rings. The second kappa shape index (κ2) is 4.58. The Balaban J connectivity index is 3.08. The summed E-state index contributed by atoms with van der Waals surface area (Å²) in [6, 6.07) is 1.50. The van der Waals surface area contributed by atoms with Crippen LogP contribution in [0.15, 0.2) is 23.9 Å². The van der Waals surface area contributed by atoms with Gasteiger partial charge in [0.1, 0.15) is 5.69 Å². The van der Waals surface area contributed by atoms with Crippen LogP contribution in [0, 0.1) is 0 Å². The number of nitrogens with zero attached hydrogens (tertiary/aromatic N) is 1. The minimum absolute atomic E-state index is 0.202. The summed E-state index contributed by atoms with van der Waals surface area (Å²) in [6.45, 7) is 3.67. The van der Waals surface area contributed by atoms with Crippen molar-refractivity contribution >= 4 is 29.0 Å². The first kappa shape index (κ1) is 11.2. The Hall–Kier alpha value is -0.860. The first-order chi connectivity index (χ1) is 6.50. The summed E-state index contributed by atoms with van der Waals surface area (Å²) in [7, 11) is 0. The second-order valence-corrected chi connectivity index (χ2v) is 3.91. The molecule has 2 nitrogen and oxygen atoms in total. The fourth-order valence-electron chi connectivity index (χ4n) is 0.926. The molecule has 1 aromatic heterocycles. The number of rotatable bonds is 2. The van der Waals surface area contributed by atoms with Gasteiger partial charge in [-0.1, -0.05) is 28.8 Å². The molecule has 0 aromatic carbocycles. The molecule has 0 amide bonds. The van der Waals surface area contributed by atoms with Gasteiger partial charge in [-0.2, -0.15) is 0 Å². The van der Waals surface area contributed by atoms with Crippen molar-refractivity contribution in [1.29, 1.82) is 0 Å². The van der Waals surface area contributed by atoms with Gasteiger partial charge < -0.3 is 0 Å². The third-order valence-electron chi connectivity index (χ3n) is 1.46. The Bertz CT molecular complexity index is 395. The fourth-order valence-corrected chi connectivity index (χ4v) is 1.40. The Morgan fingerprint density at radius 2 is 2.07 bits per heavy atom. The van der Waals surface area contributed by atoms with Gasteiger partial charge in [-0.15, -0.1) is 0 Å². The molecule has 14 heavy (non-hydrogen) atoms. The van der Waals surface area contributed by atoms with Gasteiger partial charge in [0, 0.05) is 6.20 Å². The molecule has 1 rings (SSSR count). The molecule has 1 aromatic rings. The minimum atomic E-state index is -0.202. The van der Waals surface area contributed by atoms with Gasteiger partial charge in [0.25, 0.3) is 0 Å². The number of pyridine rings is 1. The quantitative estimate of drug-likeness (QED) is 0.574. The lowest BCUT2D eigenvalue weighted by molar-refractivity contribution is 0.104. The zero-order chi connectivity index (χ0) is 10.7. The smallest absolute Gasteiger partial charge is 0.205 e. The van der Waals surface area contributed by atoms with E-state index >= 15 is 0 Å². The van der Waals surface area contributed by atoms with Gasteiger partial charge in [-0.3, -0.25) is 4.79 Å². The predicted molar refractivity (Wildman–Crippen MR) is 58.0 cm³/mol. The maximum absolute atomic E-state index is 11.5. The van der Waals surface area contributed by atoms with Crippen LogP contribution >= 0.6 is 23.2 Å². The van der Waals surface area contributed by atoms with Crippen molar-refractivity contribution in [1.82, 2.24) is 4.98 Å². The molecule has 0 radical (unpaired) electrons. The van der Waals surface area contributed by atoms with Crippen molar-refractivity contribution in [3.63, 3.8) is 0 Å². The van der Waals surface area contributed by atoms with E-state index in [0.29, 0.717) is 5.02 Å². The SMILES string of the molecule is CC(C)=CC(=O)c1ncc(Cl)cc1Cl. The van der Waals surface area contributed by atoms with Crippen LogP contribution in [0.1, 0.15) is 24.3 Å². The Morgan fingerprint density at radius 1 is 1.43 bits per heavy atom. The van der Waals surface area contributed by atoms with Gasteiger partial charge >= 0.3 is 0 Å². The van der Waals surface area contributed by atoms with Gasteiger partial charge in [0.2, 0.25) is 5.78 Å². The number of carbonyl (C=O) groups is 1. The number of ketones is 1. The Labute approximate surface area is 92.6 Å². The number of halogens is 2. The normalized spacial score (nSPS) is 9.71. The van der Waals surface area contributed by atoms with Gasteiger partial charge in [0.05, 0.1) is 10.0 Å². The first-order valence-electron chi connectivity index (χ1n) is 4.01. The molecule has 0 aliphatic carbocycles. The largest absolute Gasteiger partial charge is 0.287 e. The molecule has 0 atom stereocenters. The molecule has 1 heterocycles. The number of carbonyl (C=O) groups excluding carboxylic acids is 1.